The third-order valence-corrected chi connectivity index (χ3v) is 20.5. The second-order valence-corrected chi connectivity index (χ2v) is 26.7. The first-order chi connectivity index (χ1) is 43.7. The molecule has 5 fully saturated rings. The van der Waals surface area contributed by atoms with Gasteiger partial charge in [-0.15, -0.1) is 0 Å². The number of hydrogen-bond donors (Lipinski definition) is 2. The van der Waals surface area contributed by atoms with E-state index in [0.29, 0.717) is 16.5 Å². The van der Waals surface area contributed by atoms with Gasteiger partial charge in [-0.3, -0.25) is 5.10 Å². The lowest BCUT2D eigenvalue weighted by Gasteiger charge is -2.39. The zero-order valence-electron chi connectivity index (χ0n) is 54.0. The van der Waals surface area contributed by atoms with Gasteiger partial charge in [0.2, 0.25) is 5.65 Å². The van der Waals surface area contributed by atoms with Gasteiger partial charge in [-0.2, -0.15) is 15.3 Å². The molecule has 0 radical (unpaired) electrons. The van der Waals surface area contributed by atoms with Crippen LogP contribution in [-0.2, 0) is 9.47 Å². The van der Waals surface area contributed by atoms with Crippen molar-refractivity contribution in [3.63, 3.8) is 0 Å². The van der Waals surface area contributed by atoms with Crippen LogP contribution < -0.4 is 20.4 Å². The maximum absolute atomic E-state index is 6.09. The first-order valence-corrected chi connectivity index (χ1v) is 33.2. The predicted molar refractivity (Wildman–Crippen MR) is 361 cm³/mol. The van der Waals surface area contributed by atoms with Crippen molar-refractivity contribution in [1.29, 1.82) is 0 Å². The summed E-state index contributed by atoms with van der Waals surface area (Å²) >= 11 is 0. The van der Waals surface area contributed by atoms with Gasteiger partial charge < -0.3 is 29.9 Å². The highest BCUT2D eigenvalue weighted by Gasteiger charge is 2.34. The number of aromatic nitrogens is 12. The van der Waals surface area contributed by atoms with E-state index in [0.717, 1.165) is 195 Å². The molecule has 0 spiro atoms. The standard InChI is InChI=1S/2C26H33N5O.C20H26N6/c2*1-4-26(3)13-15-30(16-14-26)21-18-27-24-23(19(2)20-10-6-5-7-11-20)29-31(25(24)28-21)22-12-8-9-17-32-22;1-14(15-6-4-3-5-7-15)17-18-19(25-24-17)23-16(12-22-18)26-10-8-20(2,13-21)9-11-26/h2*5-7,10-11,18,22H,2,4,8-9,12-17H2,1,3H3;3-7,12,14H,8-11,13,21H2,1-2H3,(H,23,24,25). The Bertz CT molecular complexity index is 3690. The maximum Gasteiger partial charge on any atom is 0.201 e. The van der Waals surface area contributed by atoms with E-state index < -0.39 is 0 Å². The molecule has 3 atom stereocenters. The van der Waals surface area contributed by atoms with Crippen molar-refractivity contribution < 1.29 is 9.47 Å². The van der Waals surface area contributed by atoms with E-state index in [1.54, 1.807) is 0 Å². The van der Waals surface area contributed by atoms with Crippen LogP contribution in [-0.4, -0.2) is 119 Å². The number of fused-ring (bicyclic) bond motifs is 3. The van der Waals surface area contributed by atoms with Gasteiger partial charge in [0.25, 0.3) is 0 Å². The van der Waals surface area contributed by atoms with Gasteiger partial charge in [-0.1, -0.05) is 159 Å². The molecule has 18 heteroatoms. The molecule has 11 heterocycles. The fraction of sp³-hybridized carbons (Fsp3) is 0.486. The van der Waals surface area contributed by atoms with Gasteiger partial charge in [-0.05, 0) is 117 Å². The molecule has 472 valence electrons. The largest absolute Gasteiger partial charge is 0.356 e. The topological polar surface area (TPSA) is 196 Å². The Balaban J connectivity index is 0.000000132. The molecule has 0 aliphatic carbocycles. The molecule has 5 saturated heterocycles. The average Bonchev–Trinajstić information content (AvgIpc) is 3.65. The summed E-state index contributed by atoms with van der Waals surface area (Å²) in [5.74, 6) is 2.97. The summed E-state index contributed by atoms with van der Waals surface area (Å²) in [6.07, 6.45) is 21.2. The third-order valence-electron chi connectivity index (χ3n) is 20.5. The zero-order chi connectivity index (χ0) is 62.4. The van der Waals surface area contributed by atoms with Crippen molar-refractivity contribution in [3.8, 4) is 0 Å². The molecule has 5 aliphatic rings. The quantitative estimate of drug-likeness (QED) is 0.104. The Kier molecular flexibility index (Phi) is 18.9. The van der Waals surface area contributed by atoms with E-state index in [1.807, 2.05) is 70.4 Å². The molecule has 0 saturated carbocycles. The van der Waals surface area contributed by atoms with Crippen LogP contribution in [0.15, 0.2) is 123 Å². The minimum Gasteiger partial charge on any atom is -0.356 e. The number of hydrogen-bond acceptors (Lipinski definition) is 15. The lowest BCUT2D eigenvalue weighted by Crippen LogP contribution is -2.42. The van der Waals surface area contributed by atoms with E-state index in [-0.39, 0.29) is 23.8 Å². The van der Waals surface area contributed by atoms with Crippen LogP contribution in [0.5, 0.6) is 0 Å². The van der Waals surface area contributed by atoms with Crippen molar-refractivity contribution in [2.24, 2.45) is 22.0 Å². The number of H-pyrrole nitrogens is 1. The Morgan fingerprint density at radius 2 is 0.956 bits per heavy atom. The molecule has 0 amide bonds. The number of nitrogens with one attached hydrogen (secondary N) is 1. The van der Waals surface area contributed by atoms with Crippen LogP contribution in [0.1, 0.15) is 184 Å². The summed E-state index contributed by atoms with van der Waals surface area (Å²) in [6.45, 7) is 30.8. The normalized spacial score (nSPS) is 20.2. The van der Waals surface area contributed by atoms with Crippen LogP contribution in [0.3, 0.4) is 0 Å². The fourth-order valence-corrected chi connectivity index (χ4v) is 13.2. The molecular weight excluding hydrogens is 1120 g/mol. The number of ether oxygens (including phenoxy) is 2. The Morgan fingerprint density at radius 1 is 0.556 bits per heavy atom. The Morgan fingerprint density at radius 3 is 1.36 bits per heavy atom. The van der Waals surface area contributed by atoms with Crippen molar-refractivity contribution >= 4 is 62.1 Å². The molecule has 0 bridgehead atoms. The summed E-state index contributed by atoms with van der Waals surface area (Å²) < 4.78 is 16.1. The minimum atomic E-state index is -0.0992. The summed E-state index contributed by atoms with van der Waals surface area (Å²) in [4.78, 5) is 36.4. The molecule has 3 unspecified atom stereocenters. The molecule has 90 heavy (non-hydrogen) atoms. The first-order valence-electron chi connectivity index (χ1n) is 33.2. The second kappa shape index (κ2) is 27.3. The maximum atomic E-state index is 6.09. The molecule has 18 nitrogen and oxygen atoms in total. The van der Waals surface area contributed by atoms with Gasteiger partial charge in [0.1, 0.15) is 45.4 Å². The average molecular weight is 1210 g/mol. The highest BCUT2D eigenvalue weighted by atomic mass is 16.5. The molecule has 3 aromatic carbocycles. The van der Waals surface area contributed by atoms with Crippen molar-refractivity contribution in [2.75, 3.05) is 73.7 Å². The first kappa shape index (κ1) is 62.3. The van der Waals surface area contributed by atoms with Crippen LogP contribution in [0.25, 0.3) is 44.6 Å². The van der Waals surface area contributed by atoms with Crippen molar-refractivity contribution in [1.82, 2.24) is 59.7 Å². The predicted octanol–water partition coefficient (Wildman–Crippen LogP) is 14.3. The Hall–Kier alpha value is -7.93. The van der Waals surface area contributed by atoms with E-state index in [1.165, 1.54) is 44.1 Å². The zero-order valence-corrected chi connectivity index (χ0v) is 54.0. The van der Waals surface area contributed by atoms with E-state index >= 15 is 0 Å². The summed E-state index contributed by atoms with van der Waals surface area (Å²) in [5, 5.41) is 17.5. The van der Waals surface area contributed by atoms with Gasteiger partial charge >= 0.3 is 0 Å². The number of nitrogens with zero attached hydrogens (tertiary/aromatic N) is 14. The lowest BCUT2D eigenvalue weighted by atomic mass is 9.78. The summed E-state index contributed by atoms with van der Waals surface area (Å²) in [5.41, 5.74) is 19.4. The highest BCUT2D eigenvalue weighted by molar-refractivity contribution is 5.92. The molecule has 9 aromatic rings. The van der Waals surface area contributed by atoms with E-state index in [4.69, 9.17) is 55.3 Å². The number of anilines is 3. The number of piperidine rings is 3. The number of nitrogens with two attached hydrogens (primary N) is 1. The van der Waals surface area contributed by atoms with Crippen LogP contribution in [0, 0.1) is 16.2 Å². The summed E-state index contributed by atoms with van der Waals surface area (Å²) in [7, 11) is 0. The number of benzene rings is 3. The molecule has 6 aromatic heterocycles. The molecule has 5 aliphatic heterocycles. The van der Waals surface area contributed by atoms with E-state index in [9.17, 15) is 0 Å². The number of rotatable bonds is 14. The molecule has 14 rings (SSSR count). The highest BCUT2D eigenvalue weighted by Crippen LogP contribution is 2.40. The molecular formula is C72H92N16O2. The van der Waals surface area contributed by atoms with Gasteiger partial charge in [0.05, 0.1) is 24.3 Å². The lowest BCUT2D eigenvalue weighted by molar-refractivity contribution is -0.0371. The molecule has 3 N–H and O–H groups in total. The monoisotopic (exact) mass is 1210 g/mol. The van der Waals surface area contributed by atoms with Crippen molar-refractivity contribution in [3.05, 3.63) is 157 Å². The SMILES string of the molecule is C=C(c1ccccc1)c1nn(C2CCCCO2)c2nc(N3CCC(C)(CC)CC3)cnc12.C=C(c1ccccc1)c1nn(C2CCCCO2)c2nc(N3CCC(C)(CC)CC3)cnc12.CC(c1ccccc1)c1[nH]nc2nc(N3CCC(C)(CN)CC3)cnc12. The van der Waals surface area contributed by atoms with Crippen LogP contribution in [0.2, 0.25) is 0 Å². The third kappa shape index (κ3) is 13.4. The second-order valence-electron chi connectivity index (χ2n) is 26.7. The minimum absolute atomic E-state index is 0.0992. The Labute approximate surface area is 530 Å². The van der Waals surface area contributed by atoms with Gasteiger partial charge in [0, 0.05) is 69.5 Å². The van der Waals surface area contributed by atoms with Gasteiger partial charge in [0.15, 0.2) is 23.8 Å². The summed E-state index contributed by atoms with van der Waals surface area (Å²) in [6, 6.07) is 30.7. The van der Waals surface area contributed by atoms with Gasteiger partial charge in [-0.25, -0.2) is 39.3 Å². The van der Waals surface area contributed by atoms with Crippen molar-refractivity contribution in [2.45, 2.75) is 150 Å². The van der Waals surface area contributed by atoms with E-state index in [2.05, 4.69) is 128 Å². The van der Waals surface area contributed by atoms with Crippen LogP contribution >= 0.6 is 0 Å². The number of aromatic amines is 1. The van der Waals surface area contributed by atoms with Crippen LogP contribution in [0.4, 0.5) is 17.5 Å². The smallest absolute Gasteiger partial charge is 0.201 e. The fourth-order valence-electron chi connectivity index (χ4n) is 13.2.